The SMILES string of the molecule is CC(C)(C)NC(=O)CN1CCN(C(=O)C2CCCO2)CC1. The molecule has 0 saturated carbocycles. The zero-order valence-electron chi connectivity index (χ0n) is 13.4. The van der Waals surface area contributed by atoms with E-state index in [0.29, 0.717) is 26.2 Å². The van der Waals surface area contributed by atoms with E-state index in [1.165, 1.54) is 0 Å². The fraction of sp³-hybridized carbons (Fsp3) is 0.867. The second-order valence-electron chi connectivity index (χ2n) is 6.90. The van der Waals surface area contributed by atoms with Crippen LogP contribution in [0.15, 0.2) is 0 Å². The lowest BCUT2D eigenvalue weighted by atomic mass is 10.1. The fourth-order valence-electron chi connectivity index (χ4n) is 2.76. The highest BCUT2D eigenvalue weighted by Crippen LogP contribution is 2.15. The van der Waals surface area contributed by atoms with Crippen molar-refractivity contribution in [2.24, 2.45) is 0 Å². The van der Waals surface area contributed by atoms with Crippen LogP contribution in [-0.4, -0.2) is 72.6 Å². The van der Waals surface area contributed by atoms with E-state index in [9.17, 15) is 9.59 Å². The van der Waals surface area contributed by atoms with Crippen molar-refractivity contribution in [3.63, 3.8) is 0 Å². The standard InChI is InChI=1S/C15H27N3O3/c1-15(2,3)16-13(19)11-17-6-8-18(9-7-17)14(20)12-5-4-10-21-12/h12H,4-11H2,1-3H3,(H,16,19). The summed E-state index contributed by atoms with van der Waals surface area (Å²) in [5.41, 5.74) is -0.200. The normalized spacial score (nSPS) is 24.1. The molecule has 1 atom stereocenters. The average molecular weight is 297 g/mol. The third-order valence-corrected chi connectivity index (χ3v) is 3.77. The van der Waals surface area contributed by atoms with Crippen LogP contribution in [0.2, 0.25) is 0 Å². The zero-order chi connectivity index (χ0) is 15.5. The fourth-order valence-corrected chi connectivity index (χ4v) is 2.76. The van der Waals surface area contributed by atoms with Crippen molar-refractivity contribution in [1.82, 2.24) is 15.1 Å². The highest BCUT2D eigenvalue weighted by Gasteiger charge is 2.30. The summed E-state index contributed by atoms with van der Waals surface area (Å²) < 4.78 is 5.45. The number of rotatable bonds is 3. The predicted octanol–water partition coefficient (Wildman–Crippen LogP) is 0.224. The number of carbonyl (C=O) groups excluding carboxylic acids is 2. The summed E-state index contributed by atoms with van der Waals surface area (Å²) in [5.74, 6) is 0.160. The van der Waals surface area contributed by atoms with E-state index in [0.717, 1.165) is 25.9 Å². The van der Waals surface area contributed by atoms with Gasteiger partial charge in [0.05, 0.1) is 6.54 Å². The lowest BCUT2D eigenvalue weighted by Gasteiger charge is -2.35. The predicted molar refractivity (Wildman–Crippen MR) is 79.9 cm³/mol. The molecule has 2 fully saturated rings. The van der Waals surface area contributed by atoms with Gasteiger partial charge in [0.1, 0.15) is 6.10 Å². The highest BCUT2D eigenvalue weighted by atomic mass is 16.5. The van der Waals surface area contributed by atoms with Gasteiger partial charge in [-0.15, -0.1) is 0 Å². The van der Waals surface area contributed by atoms with E-state index in [1.54, 1.807) is 0 Å². The van der Waals surface area contributed by atoms with Crippen LogP contribution in [0.3, 0.4) is 0 Å². The van der Waals surface area contributed by atoms with Gasteiger partial charge in [0.15, 0.2) is 0 Å². The molecule has 2 rings (SSSR count). The molecular weight excluding hydrogens is 270 g/mol. The molecule has 0 aromatic heterocycles. The first kappa shape index (κ1) is 16.2. The molecule has 2 aliphatic heterocycles. The smallest absolute Gasteiger partial charge is 0.251 e. The third kappa shape index (κ3) is 4.97. The lowest BCUT2D eigenvalue weighted by molar-refractivity contribution is -0.142. The van der Waals surface area contributed by atoms with Crippen LogP contribution in [-0.2, 0) is 14.3 Å². The van der Waals surface area contributed by atoms with Crippen LogP contribution in [0.4, 0.5) is 0 Å². The van der Waals surface area contributed by atoms with Gasteiger partial charge in [-0.05, 0) is 33.6 Å². The number of hydrogen-bond acceptors (Lipinski definition) is 4. The summed E-state index contributed by atoms with van der Waals surface area (Å²) in [5, 5.41) is 2.96. The van der Waals surface area contributed by atoms with Gasteiger partial charge < -0.3 is 15.0 Å². The number of amides is 2. The van der Waals surface area contributed by atoms with E-state index < -0.39 is 0 Å². The van der Waals surface area contributed by atoms with Gasteiger partial charge in [0, 0.05) is 38.3 Å². The summed E-state index contributed by atoms with van der Waals surface area (Å²) in [7, 11) is 0. The number of nitrogens with one attached hydrogen (secondary N) is 1. The summed E-state index contributed by atoms with van der Waals surface area (Å²) >= 11 is 0. The number of nitrogens with zero attached hydrogens (tertiary/aromatic N) is 2. The van der Waals surface area contributed by atoms with E-state index in [-0.39, 0.29) is 23.5 Å². The van der Waals surface area contributed by atoms with Crippen LogP contribution in [0.5, 0.6) is 0 Å². The Morgan fingerprint density at radius 2 is 1.86 bits per heavy atom. The molecule has 2 saturated heterocycles. The molecule has 0 bridgehead atoms. The van der Waals surface area contributed by atoms with Gasteiger partial charge in [-0.1, -0.05) is 0 Å². The minimum atomic E-state index is -0.235. The van der Waals surface area contributed by atoms with Gasteiger partial charge >= 0.3 is 0 Å². The van der Waals surface area contributed by atoms with Crippen molar-refractivity contribution in [3.8, 4) is 0 Å². The molecule has 2 amide bonds. The maximum atomic E-state index is 12.2. The Balaban J connectivity index is 1.73. The molecule has 0 radical (unpaired) electrons. The quantitative estimate of drug-likeness (QED) is 0.810. The highest BCUT2D eigenvalue weighted by molar-refractivity contribution is 5.81. The number of hydrogen-bond donors (Lipinski definition) is 1. The Hall–Kier alpha value is -1.14. The average Bonchev–Trinajstić information content (AvgIpc) is 2.90. The van der Waals surface area contributed by atoms with Crippen molar-refractivity contribution >= 4 is 11.8 Å². The van der Waals surface area contributed by atoms with Gasteiger partial charge in [0.25, 0.3) is 5.91 Å². The lowest BCUT2D eigenvalue weighted by Crippen LogP contribution is -2.54. The van der Waals surface area contributed by atoms with Gasteiger partial charge in [-0.25, -0.2) is 0 Å². The van der Waals surface area contributed by atoms with E-state index in [4.69, 9.17) is 4.74 Å². The molecule has 0 spiro atoms. The molecule has 6 nitrogen and oxygen atoms in total. The molecule has 1 N–H and O–H groups in total. The second-order valence-corrected chi connectivity index (χ2v) is 6.90. The molecule has 1 unspecified atom stereocenters. The minimum Gasteiger partial charge on any atom is -0.368 e. The molecular formula is C15H27N3O3. The zero-order valence-corrected chi connectivity index (χ0v) is 13.4. The maximum Gasteiger partial charge on any atom is 0.251 e. The Morgan fingerprint density at radius 3 is 2.38 bits per heavy atom. The summed E-state index contributed by atoms with van der Waals surface area (Å²) in [6.45, 7) is 9.88. The summed E-state index contributed by atoms with van der Waals surface area (Å²) in [6.07, 6.45) is 1.58. The number of piperazine rings is 1. The van der Waals surface area contributed by atoms with Gasteiger partial charge in [-0.2, -0.15) is 0 Å². The topological polar surface area (TPSA) is 61.9 Å². The maximum absolute atomic E-state index is 12.2. The largest absolute Gasteiger partial charge is 0.368 e. The number of ether oxygens (including phenoxy) is 1. The molecule has 120 valence electrons. The Labute approximate surface area is 126 Å². The van der Waals surface area contributed by atoms with Crippen LogP contribution < -0.4 is 5.32 Å². The van der Waals surface area contributed by atoms with Crippen LogP contribution in [0.1, 0.15) is 33.6 Å². The summed E-state index contributed by atoms with van der Waals surface area (Å²) in [6, 6.07) is 0. The third-order valence-electron chi connectivity index (χ3n) is 3.77. The molecule has 21 heavy (non-hydrogen) atoms. The van der Waals surface area contributed by atoms with Crippen molar-refractivity contribution in [2.45, 2.75) is 45.3 Å². The summed E-state index contributed by atoms with van der Waals surface area (Å²) in [4.78, 5) is 28.1. The van der Waals surface area contributed by atoms with Gasteiger partial charge in [0.2, 0.25) is 5.91 Å². The molecule has 0 aromatic carbocycles. The molecule has 6 heteroatoms. The monoisotopic (exact) mass is 297 g/mol. The molecule has 0 aromatic rings. The number of carbonyl (C=O) groups is 2. The first-order valence-electron chi connectivity index (χ1n) is 7.79. The Morgan fingerprint density at radius 1 is 1.19 bits per heavy atom. The first-order valence-corrected chi connectivity index (χ1v) is 7.79. The van der Waals surface area contributed by atoms with Crippen molar-refractivity contribution < 1.29 is 14.3 Å². The minimum absolute atomic E-state index is 0.0430. The van der Waals surface area contributed by atoms with Crippen molar-refractivity contribution in [2.75, 3.05) is 39.3 Å². The van der Waals surface area contributed by atoms with Crippen molar-refractivity contribution in [1.29, 1.82) is 0 Å². The van der Waals surface area contributed by atoms with Gasteiger partial charge in [-0.3, -0.25) is 14.5 Å². The Kier molecular flexibility index (Phi) is 5.22. The molecule has 2 aliphatic rings. The first-order chi connectivity index (χ1) is 9.85. The molecule has 2 heterocycles. The van der Waals surface area contributed by atoms with Crippen LogP contribution in [0, 0.1) is 0 Å². The van der Waals surface area contributed by atoms with E-state index in [1.807, 2.05) is 25.7 Å². The second kappa shape index (κ2) is 6.75. The van der Waals surface area contributed by atoms with Crippen LogP contribution in [0.25, 0.3) is 0 Å². The Bertz CT molecular complexity index is 378. The van der Waals surface area contributed by atoms with Crippen LogP contribution >= 0.6 is 0 Å². The van der Waals surface area contributed by atoms with E-state index in [2.05, 4.69) is 10.2 Å². The molecule has 0 aliphatic carbocycles. The van der Waals surface area contributed by atoms with E-state index >= 15 is 0 Å². The van der Waals surface area contributed by atoms with Crippen molar-refractivity contribution in [3.05, 3.63) is 0 Å².